The lowest BCUT2D eigenvalue weighted by Crippen LogP contribution is -2.19. The Morgan fingerprint density at radius 2 is 1.57 bits per heavy atom. The van der Waals surface area contributed by atoms with E-state index in [0.29, 0.717) is 33.9 Å². The minimum Gasteiger partial charge on any atom is -0.340 e. The van der Waals surface area contributed by atoms with E-state index in [4.69, 9.17) is 11.6 Å². The standard InChI is InChI=1S/C21H18ClN7O/c1-14-24-19(13-20(25-14)29-12-2-11-23-29)26-16-7-9-18(10-8-16)28-21(30)27-17-5-3-15(22)4-6-17/h2-13H,1H3,(H,24,25,26)(H2,27,28,30). The van der Waals surface area contributed by atoms with Crippen LogP contribution in [0.5, 0.6) is 0 Å². The summed E-state index contributed by atoms with van der Waals surface area (Å²) in [4.78, 5) is 20.9. The van der Waals surface area contributed by atoms with Gasteiger partial charge in [0, 0.05) is 40.5 Å². The second kappa shape index (κ2) is 8.62. The zero-order valence-corrected chi connectivity index (χ0v) is 16.8. The number of carbonyl (C=O) groups excluding carboxylic acids is 1. The van der Waals surface area contributed by atoms with Crippen molar-refractivity contribution in [3.63, 3.8) is 0 Å². The molecule has 0 saturated heterocycles. The second-order valence-electron chi connectivity index (χ2n) is 6.40. The number of urea groups is 1. The number of hydrogen-bond acceptors (Lipinski definition) is 5. The number of anilines is 4. The lowest BCUT2D eigenvalue weighted by atomic mass is 10.2. The topological polar surface area (TPSA) is 96.8 Å². The van der Waals surface area contributed by atoms with Gasteiger partial charge in [0.05, 0.1) is 0 Å². The van der Waals surface area contributed by atoms with E-state index in [9.17, 15) is 4.79 Å². The molecule has 0 saturated carbocycles. The van der Waals surface area contributed by atoms with Crippen molar-refractivity contribution in [3.8, 4) is 5.82 Å². The van der Waals surface area contributed by atoms with Gasteiger partial charge in [-0.2, -0.15) is 5.10 Å². The van der Waals surface area contributed by atoms with Gasteiger partial charge in [-0.05, 0) is 61.5 Å². The van der Waals surface area contributed by atoms with Crippen LogP contribution in [0.2, 0.25) is 5.02 Å². The molecule has 4 rings (SSSR count). The molecule has 2 heterocycles. The fourth-order valence-corrected chi connectivity index (χ4v) is 2.88. The average Bonchev–Trinajstić information content (AvgIpc) is 3.26. The van der Waals surface area contributed by atoms with Crippen LogP contribution in [0.25, 0.3) is 5.82 Å². The number of aromatic nitrogens is 4. The normalized spacial score (nSPS) is 10.5. The van der Waals surface area contributed by atoms with Crippen LogP contribution in [-0.4, -0.2) is 25.8 Å². The molecule has 0 bridgehead atoms. The summed E-state index contributed by atoms with van der Waals surface area (Å²) in [6, 6.07) is 17.5. The van der Waals surface area contributed by atoms with Crippen molar-refractivity contribution in [2.75, 3.05) is 16.0 Å². The SMILES string of the molecule is Cc1nc(Nc2ccc(NC(=O)Nc3ccc(Cl)cc3)cc2)cc(-n2cccn2)n1. The van der Waals surface area contributed by atoms with Gasteiger partial charge in [-0.25, -0.2) is 19.4 Å². The Hall–Kier alpha value is -3.91. The zero-order chi connectivity index (χ0) is 20.9. The molecule has 0 aliphatic heterocycles. The molecule has 0 radical (unpaired) electrons. The third-order valence-corrected chi connectivity index (χ3v) is 4.33. The summed E-state index contributed by atoms with van der Waals surface area (Å²) >= 11 is 5.85. The summed E-state index contributed by atoms with van der Waals surface area (Å²) in [5.74, 6) is 1.95. The summed E-state index contributed by atoms with van der Waals surface area (Å²) in [7, 11) is 0. The van der Waals surface area contributed by atoms with Gasteiger partial charge in [-0.15, -0.1) is 0 Å². The molecule has 9 heteroatoms. The molecule has 0 unspecified atom stereocenters. The summed E-state index contributed by atoms with van der Waals surface area (Å²) in [5, 5.41) is 13.6. The van der Waals surface area contributed by atoms with Crippen molar-refractivity contribution in [2.45, 2.75) is 6.92 Å². The molecule has 8 nitrogen and oxygen atoms in total. The molecule has 2 amide bonds. The number of benzene rings is 2. The molecule has 0 aliphatic carbocycles. The molecule has 3 N–H and O–H groups in total. The number of nitrogens with zero attached hydrogens (tertiary/aromatic N) is 4. The highest BCUT2D eigenvalue weighted by Gasteiger charge is 2.06. The van der Waals surface area contributed by atoms with Crippen molar-refractivity contribution in [1.29, 1.82) is 0 Å². The Kier molecular flexibility index (Phi) is 5.58. The van der Waals surface area contributed by atoms with E-state index < -0.39 is 0 Å². The first-order valence-corrected chi connectivity index (χ1v) is 9.49. The quantitative estimate of drug-likeness (QED) is 0.422. The highest BCUT2D eigenvalue weighted by molar-refractivity contribution is 6.30. The van der Waals surface area contributed by atoms with Crippen LogP contribution in [0, 0.1) is 6.92 Å². The van der Waals surface area contributed by atoms with Gasteiger partial charge in [-0.3, -0.25) is 0 Å². The lowest BCUT2D eigenvalue weighted by molar-refractivity contribution is 0.262. The molecular formula is C21H18ClN7O. The number of halogens is 1. The Morgan fingerprint density at radius 1 is 0.933 bits per heavy atom. The first kappa shape index (κ1) is 19.4. The molecule has 0 aliphatic rings. The van der Waals surface area contributed by atoms with Crippen LogP contribution in [0.1, 0.15) is 5.82 Å². The fraction of sp³-hybridized carbons (Fsp3) is 0.0476. The Balaban J connectivity index is 1.40. The van der Waals surface area contributed by atoms with Gasteiger partial charge in [0.1, 0.15) is 11.6 Å². The molecule has 0 atom stereocenters. The van der Waals surface area contributed by atoms with Crippen molar-refractivity contribution in [3.05, 3.63) is 83.9 Å². The van der Waals surface area contributed by atoms with Gasteiger partial charge in [-0.1, -0.05) is 11.6 Å². The molecule has 150 valence electrons. The minimum absolute atomic E-state index is 0.340. The third-order valence-electron chi connectivity index (χ3n) is 4.08. The number of hydrogen-bond donors (Lipinski definition) is 3. The van der Waals surface area contributed by atoms with E-state index in [-0.39, 0.29) is 6.03 Å². The Labute approximate surface area is 177 Å². The summed E-state index contributed by atoms with van der Waals surface area (Å²) in [6.07, 6.45) is 3.51. The van der Waals surface area contributed by atoms with Gasteiger partial charge in [0.15, 0.2) is 5.82 Å². The maximum absolute atomic E-state index is 12.1. The molecule has 2 aromatic heterocycles. The van der Waals surface area contributed by atoms with Gasteiger partial charge in [0.2, 0.25) is 0 Å². The van der Waals surface area contributed by atoms with Crippen LogP contribution in [0.15, 0.2) is 73.1 Å². The van der Waals surface area contributed by atoms with E-state index in [1.807, 2.05) is 37.4 Å². The van der Waals surface area contributed by atoms with Crippen molar-refractivity contribution in [2.24, 2.45) is 0 Å². The second-order valence-corrected chi connectivity index (χ2v) is 6.83. The number of carbonyl (C=O) groups is 1. The number of nitrogens with one attached hydrogen (secondary N) is 3. The largest absolute Gasteiger partial charge is 0.340 e. The van der Waals surface area contributed by atoms with Gasteiger partial charge in [0.25, 0.3) is 0 Å². The van der Waals surface area contributed by atoms with Crippen LogP contribution in [-0.2, 0) is 0 Å². The van der Waals surface area contributed by atoms with Crippen LogP contribution in [0.3, 0.4) is 0 Å². The highest BCUT2D eigenvalue weighted by atomic mass is 35.5. The third kappa shape index (κ3) is 4.92. The van der Waals surface area contributed by atoms with Crippen molar-refractivity contribution in [1.82, 2.24) is 19.7 Å². The summed E-state index contributed by atoms with van der Waals surface area (Å²) in [5.41, 5.74) is 2.13. The fourth-order valence-electron chi connectivity index (χ4n) is 2.75. The van der Waals surface area contributed by atoms with E-state index >= 15 is 0 Å². The maximum atomic E-state index is 12.1. The monoisotopic (exact) mass is 419 g/mol. The first-order chi connectivity index (χ1) is 14.5. The molecule has 4 aromatic rings. The van der Waals surface area contributed by atoms with Gasteiger partial charge < -0.3 is 16.0 Å². The van der Waals surface area contributed by atoms with Crippen molar-refractivity contribution >= 4 is 40.5 Å². The number of amides is 2. The summed E-state index contributed by atoms with van der Waals surface area (Å²) in [6.45, 7) is 1.82. The van der Waals surface area contributed by atoms with Gasteiger partial charge >= 0.3 is 6.03 Å². The molecular weight excluding hydrogens is 402 g/mol. The predicted octanol–water partition coefficient (Wildman–Crippen LogP) is 5.01. The molecule has 0 spiro atoms. The minimum atomic E-state index is -0.340. The van der Waals surface area contributed by atoms with E-state index in [1.54, 1.807) is 47.3 Å². The maximum Gasteiger partial charge on any atom is 0.323 e. The number of aryl methyl sites for hydroxylation is 1. The van der Waals surface area contributed by atoms with Crippen LogP contribution < -0.4 is 16.0 Å². The number of rotatable bonds is 5. The van der Waals surface area contributed by atoms with Crippen LogP contribution in [0.4, 0.5) is 27.7 Å². The predicted molar refractivity (Wildman–Crippen MR) is 118 cm³/mol. The molecule has 30 heavy (non-hydrogen) atoms. The average molecular weight is 420 g/mol. The highest BCUT2D eigenvalue weighted by Crippen LogP contribution is 2.20. The molecule has 2 aromatic carbocycles. The lowest BCUT2D eigenvalue weighted by Gasteiger charge is -2.10. The van der Waals surface area contributed by atoms with E-state index in [0.717, 1.165) is 5.69 Å². The summed E-state index contributed by atoms with van der Waals surface area (Å²) < 4.78 is 1.67. The van der Waals surface area contributed by atoms with E-state index in [1.165, 1.54) is 0 Å². The smallest absolute Gasteiger partial charge is 0.323 e. The van der Waals surface area contributed by atoms with Crippen molar-refractivity contribution < 1.29 is 4.79 Å². The first-order valence-electron chi connectivity index (χ1n) is 9.11. The van der Waals surface area contributed by atoms with E-state index in [2.05, 4.69) is 31.0 Å². The Bertz CT molecular complexity index is 1140. The molecule has 0 fully saturated rings. The van der Waals surface area contributed by atoms with Crippen LogP contribution >= 0.6 is 11.6 Å². The zero-order valence-electron chi connectivity index (χ0n) is 16.0. The Morgan fingerprint density at radius 3 is 2.20 bits per heavy atom.